The molecule has 0 aliphatic rings. The molecule has 6 nitrogen and oxygen atoms in total. The summed E-state index contributed by atoms with van der Waals surface area (Å²) in [5.41, 5.74) is 10.4. The topological polar surface area (TPSA) is 61.7 Å². The summed E-state index contributed by atoms with van der Waals surface area (Å²) in [7, 11) is 0. The quantitative estimate of drug-likeness (QED) is 0.173. The van der Waals surface area contributed by atoms with Crippen LogP contribution in [-0.2, 0) is 0 Å². The summed E-state index contributed by atoms with van der Waals surface area (Å²) in [6.07, 6.45) is 0. The normalized spacial score (nSPS) is 12.1. The lowest BCUT2D eigenvalue weighted by molar-refractivity contribution is 0.669. The van der Waals surface area contributed by atoms with E-state index in [1.165, 1.54) is 30.9 Å². The molecule has 5 heterocycles. The van der Waals surface area contributed by atoms with Crippen LogP contribution in [0.1, 0.15) is 0 Å². The van der Waals surface area contributed by atoms with Crippen molar-refractivity contribution in [2.75, 3.05) is 0 Å². The van der Waals surface area contributed by atoms with Gasteiger partial charge in [-0.2, -0.15) is 0 Å². The third-order valence-electron chi connectivity index (χ3n) is 12.8. The van der Waals surface area contributed by atoms with Crippen LogP contribution in [0.5, 0.6) is 0 Å². The molecule has 0 bridgehead atoms. The number of benzene rings is 9. The number of para-hydroxylation sites is 5. The monoisotopic (exact) mass is 835 g/mol. The van der Waals surface area contributed by atoms with Gasteiger partial charge in [-0.05, 0) is 60.7 Å². The molecule has 0 saturated carbocycles. The van der Waals surface area contributed by atoms with Gasteiger partial charge in [-0.25, -0.2) is 15.0 Å². The molecule has 0 fully saturated rings. The van der Waals surface area contributed by atoms with E-state index in [1.54, 1.807) is 11.3 Å². The van der Waals surface area contributed by atoms with Crippen LogP contribution in [0, 0.1) is 0 Å². The first-order chi connectivity index (χ1) is 31.7. The van der Waals surface area contributed by atoms with Crippen molar-refractivity contribution in [3.8, 4) is 45.5 Å². The number of hydrogen-bond acceptors (Lipinski definition) is 5. The molecule has 9 aromatic carbocycles. The predicted molar refractivity (Wildman–Crippen MR) is 265 cm³/mol. The lowest BCUT2D eigenvalue weighted by Gasteiger charge is -2.19. The standard InChI is InChI=1S/C57H33N5OS/c1-2-16-34(17-3-1)55-58-56(35-30-31-51-42(32-35)40-22-9-15-29-50(40)64-51)60-57(59-55)53-48(62-45-26-12-6-20-38(45)39-21-7-13-27-46(39)62)33-47(52-41-23-8-14-28-49(41)63-54(52)53)61-43-24-10-4-18-36(43)37-19-5-11-25-44(37)61/h1-33H. The van der Waals surface area contributed by atoms with Gasteiger partial charge in [-0.1, -0.05) is 140 Å². The van der Waals surface area contributed by atoms with Gasteiger partial charge in [0.1, 0.15) is 5.58 Å². The second kappa shape index (κ2) is 13.6. The van der Waals surface area contributed by atoms with Gasteiger partial charge in [-0.3, -0.25) is 0 Å². The first-order valence-corrected chi connectivity index (χ1v) is 22.3. The number of thiophene rings is 1. The van der Waals surface area contributed by atoms with E-state index in [1.807, 2.05) is 24.3 Å². The largest absolute Gasteiger partial charge is 0.455 e. The third-order valence-corrected chi connectivity index (χ3v) is 13.9. The molecular formula is C57H33N5OS. The van der Waals surface area contributed by atoms with E-state index < -0.39 is 0 Å². The molecule has 298 valence electrons. The molecule has 0 radical (unpaired) electrons. The zero-order valence-corrected chi connectivity index (χ0v) is 34.9. The minimum Gasteiger partial charge on any atom is -0.455 e. The zero-order chi connectivity index (χ0) is 41.9. The van der Waals surface area contributed by atoms with Crippen molar-refractivity contribution >= 4 is 97.1 Å². The van der Waals surface area contributed by atoms with Crippen LogP contribution in [0.25, 0.3) is 131 Å². The van der Waals surface area contributed by atoms with Crippen molar-refractivity contribution in [2.24, 2.45) is 0 Å². The number of furan rings is 1. The molecule has 0 unspecified atom stereocenters. The number of rotatable bonds is 5. The maximum absolute atomic E-state index is 7.22. The molecule has 64 heavy (non-hydrogen) atoms. The fourth-order valence-corrected chi connectivity index (χ4v) is 11.1. The van der Waals surface area contributed by atoms with Crippen LogP contribution in [0.3, 0.4) is 0 Å². The summed E-state index contributed by atoms with van der Waals surface area (Å²) in [4.78, 5) is 16.2. The van der Waals surface area contributed by atoms with E-state index >= 15 is 0 Å². The number of nitrogens with zero attached hydrogens (tertiary/aromatic N) is 5. The van der Waals surface area contributed by atoms with Gasteiger partial charge in [0.25, 0.3) is 0 Å². The van der Waals surface area contributed by atoms with Crippen molar-refractivity contribution in [3.63, 3.8) is 0 Å². The highest BCUT2D eigenvalue weighted by Gasteiger charge is 2.28. The molecule has 5 aromatic heterocycles. The highest BCUT2D eigenvalue weighted by molar-refractivity contribution is 7.25. The second-order valence-electron chi connectivity index (χ2n) is 16.3. The van der Waals surface area contributed by atoms with E-state index in [-0.39, 0.29) is 0 Å². The van der Waals surface area contributed by atoms with Gasteiger partial charge in [0.05, 0.1) is 44.4 Å². The molecule has 0 aliphatic carbocycles. The van der Waals surface area contributed by atoms with E-state index in [4.69, 9.17) is 19.4 Å². The minimum absolute atomic E-state index is 0.522. The molecule has 14 aromatic rings. The predicted octanol–water partition coefficient (Wildman–Crippen LogP) is 15.3. The summed E-state index contributed by atoms with van der Waals surface area (Å²) in [5, 5.41) is 9.09. The van der Waals surface area contributed by atoms with Gasteiger partial charge >= 0.3 is 0 Å². The SMILES string of the molecule is c1ccc(-c2nc(-c3ccc4sc5ccccc5c4c3)nc(-c3c(-n4c5ccccc5c5ccccc54)cc(-n4c5ccccc5c5ccccc54)c4c3oc3ccccc34)n2)cc1. The Morgan fingerprint density at radius 1 is 0.359 bits per heavy atom. The molecule has 0 N–H and O–H groups in total. The Morgan fingerprint density at radius 2 is 0.844 bits per heavy atom. The first-order valence-electron chi connectivity index (χ1n) is 21.4. The molecule has 14 rings (SSSR count). The summed E-state index contributed by atoms with van der Waals surface area (Å²) >= 11 is 1.80. The van der Waals surface area contributed by atoms with Crippen molar-refractivity contribution in [2.45, 2.75) is 0 Å². The van der Waals surface area contributed by atoms with E-state index in [2.05, 4.69) is 185 Å². The Balaban J connectivity index is 1.17. The molecule has 0 saturated heterocycles. The van der Waals surface area contributed by atoms with E-state index in [9.17, 15) is 0 Å². The molecule has 0 aliphatic heterocycles. The fraction of sp³-hybridized carbons (Fsp3) is 0. The van der Waals surface area contributed by atoms with Crippen LogP contribution < -0.4 is 0 Å². The van der Waals surface area contributed by atoms with Crippen LogP contribution >= 0.6 is 11.3 Å². The van der Waals surface area contributed by atoms with Crippen molar-refractivity contribution in [3.05, 3.63) is 200 Å². The maximum atomic E-state index is 7.22. The van der Waals surface area contributed by atoms with Gasteiger partial charge in [-0.15, -0.1) is 11.3 Å². The van der Waals surface area contributed by atoms with Crippen molar-refractivity contribution < 1.29 is 4.42 Å². The highest BCUT2D eigenvalue weighted by Crippen LogP contribution is 2.47. The smallest absolute Gasteiger partial charge is 0.170 e. The van der Waals surface area contributed by atoms with Crippen molar-refractivity contribution in [1.82, 2.24) is 24.1 Å². The molecular weight excluding hydrogens is 803 g/mol. The average molecular weight is 836 g/mol. The Labute approximate surface area is 369 Å². The second-order valence-corrected chi connectivity index (χ2v) is 17.4. The average Bonchev–Trinajstić information content (AvgIpc) is 4.11. The summed E-state index contributed by atoms with van der Waals surface area (Å²) < 4.78 is 14.5. The Hall–Kier alpha value is -8.39. The zero-order valence-electron chi connectivity index (χ0n) is 34.1. The van der Waals surface area contributed by atoms with Crippen LogP contribution in [0.2, 0.25) is 0 Å². The maximum Gasteiger partial charge on any atom is 0.170 e. The fourth-order valence-electron chi connectivity index (χ4n) is 10.00. The molecule has 0 amide bonds. The lowest BCUT2D eigenvalue weighted by Crippen LogP contribution is -2.06. The Morgan fingerprint density at radius 3 is 1.48 bits per heavy atom. The summed E-state index contributed by atoms with van der Waals surface area (Å²) in [5.74, 6) is 1.69. The summed E-state index contributed by atoms with van der Waals surface area (Å²) in [6, 6.07) is 70.7. The lowest BCUT2D eigenvalue weighted by atomic mass is 10.0. The molecule has 0 spiro atoms. The first kappa shape index (κ1) is 35.2. The van der Waals surface area contributed by atoms with Crippen molar-refractivity contribution in [1.29, 1.82) is 0 Å². The number of aromatic nitrogens is 5. The van der Waals surface area contributed by atoms with Gasteiger partial charge < -0.3 is 13.6 Å². The van der Waals surface area contributed by atoms with Crippen LogP contribution in [0.15, 0.2) is 205 Å². The Kier molecular flexibility index (Phi) is 7.46. The summed E-state index contributed by atoms with van der Waals surface area (Å²) in [6.45, 7) is 0. The minimum atomic E-state index is 0.522. The van der Waals surface area contributed by atoms with E-state index in [0.29, 0.717) is 23.1 Å². The number of fused-ring (bicyclic) bond motifs is 12. The Bertz CT molecular complexity index is 4110. The van der Waals surface area contributed by atoms with E-state index in [0.717, 1.165) is 77.3 Å². The van der Waals surface area contributed by atoms with Crippen LogP contribution in [0.4, 0.5) is 0 Å². The third kappa shape index (κ3) is 5.10. The molecule has 7 heteroatoms. The number of hydrogen-bond donors (Lipinski definition) is 0. The highest BCUT2D eigenvalue weighted by atomic mass is 32.1. The van der Waals surface area contributed by atoms with Gasteiger partial charge in [0.15, 0.2) is 23.1 Å². The van der Waals surface area contributed by atoms with Gasteiger partial charge in [0.2, 0.25) is 0 Å². The molecule has 0 atom stereocenters. The van der Waals surface area contributed by atoms with Gasteiger partial charge in [0, 0.05) is 58.2 Å². The van der Waals surface area contributed by atoms with Crippen LogP contribution in [-0.4, -0.2) is 24.1 Å².